The Morgan fingerprint density at radius 1 is 0.780 bits per heavy atom. The van der Waals surface area contributed by atoms with E-state index in [2.05, 4.69) is 0 Å². The topological polar surface area (TPSA) is 225 Å². The van der Waals surface area contributed by atoms with Gasteiger partial charge < -0.3 is 64.5 Å². The summed E-state index contributed by atoms with van der Waals surface area (Å²) in [7, 11) is 0. The Labute approximate surface area is 233 Å². The van der Waals surface area contributed by atoms with E-state index in [1.807, 2.05) is 0 Å². The van der Waals surface area contributed by atoms with Crippen LogP contribution in [0, 0.1) is 0 Å². The minimum absolute atomic E-state index is 0.0200. The van der Waals surface area contributed by atoms with Crippen molar-refractivity contribution >= 4 is 5.78 Å². The van der Waals surface area contributed by atoms with E-state index in [9.17, 15) is 45.6 Å². The molecule has 14 heteroatoms. The molecule has 3 aliphatic heterocycles. The number of rotatable bonds is 5. The Hall–Kier alpha value is -3.21. The normalized spacial score (nSPS) is 37.2. The number of fused-ring (bicyclic) bond motifs is 1. The van der Waals surface area contributed by atoms with Gasteiger partial charge in [0.2, 0.25) is 12.0 Å². The molecule has 2 aromatic rings. The minimum Gasteiger partial charge on any atom is -0.508 e. The molecule has 2 fully saturated rings. The summed E-state index contributed by atoms with van der Waals surface area (Å²) in [6.45, 7) is 2.86. The number of phenolic OH excluding ortho intramolecular Hbond substituents is 3. The molecule has 0 saturated carbocycles. The van der Waals surface area contributed by atoms with Gasteiger partial charge in [-0.2, -0.15) is 0 Å². The van der Waals surface area contributed by atoms with Gasteiger partial charge in [0, 0.05) is 6.07 Å². The van der Waals surface area contributed by atoms with Gasteiger partial charge in [-0.1, -0.05) is 12.1 Å². The number of carbonyl (C=O) groups is 1. The molecule has 2 aromatic carbocycles. The second-order valence-corrected chi connectivity index (χ2v) is 10.4. The highest BCUT2D eigenvalue weighted by atomic mass is 16.8. The molecule has 14 nitrogen and oxygen atoms in total. The number of Topliss-reactive ketones (excluding diaryl/α,β-unsaturated/α-hetero) is 1. The van der Waals surface area contributed by atoms with Crippen molar-refractivity contribution in [2.24, 2.45) is 0 Å². The minimum atomic E-state index is -1.75. The monoisotopic (exact) mass is 580 g/mol. The molecule has 11 atom stereocenters. The molecule has 0 aliphatic carbocycles. The molecule has 0 radical (unpaired) electrons. The number of aliphatic hydroxyl groups excluding tert-OH is 5. The smallest absolute Gasteiger partial charge is 0.229 e. The summed E-state index contributed by atoms with van der Waals surface area (Å²) < 4.78 is 28.5. The molecular weight excluding hydrogens is 548 g/mol. The van der Waals surface area contributed by atoms with Crippen molar-refractivity contribution in [3.8, 4) is 28.7 Å². The first-order chi connectivity index (χ1) is 19.4. The van der Waals surface area contributed by atoms with Gasteiger partial charge in [0.25, 0.3) is 0 Å². The number of ether oxygens (including phenoxy) is 5. The van der Waals surface area contributed by atoms with E-state index in [0.717, 1.165) is 6.07 Å². The van der Waals surface area contributed by atoms with Gasteiger partial charge in [-0.3, -0.25) is 4.79 Å². The standard InChI is InChI=1S/C27H32O14/c1-9-18(30)22(34)24(36)26(37-9)41-25-23(35)19(31)10(2)38-27(25)40-16-8-15-17(21(33)20(16)32)13(29)7-14(39-15)11-3-5-12(28)6-4-11/h3-6,8-10,14,18-19,22-28,30-36H,7H2,1-2H3/t9-,10-,14?,18-,19-,22+,23+,24+,25+,26?,27?/m0/s1. The highest BCUT2D eigenvalue weighted by Gasteiger charge is 2.50. The summed E-state index contributed by atoms with van der Waals surface area (Å²) in [4.78, 5) is 12.9. The van der Waals surface area contributed by atoms with Crippen molar-refractivity contribution in [3.05, 3.63) is 41.5 Å². The third-order valence-corrected chi connectivity index (χ3v) is 7.51. The van der Waals surface area contributed by atoms with Gasteiger partial charge in [0.1, 0.15) is 53.7 Å². The van der Waals surface area contributed by atoms with Crippen LogP contribution in [-0.2, 0) is 14.2 Å². The molecule has 0 amide bonds. The Kier molecular flexibility index (Phi) is 8.02. The average Bonchev–Trinajstić information content (AvgIpc) is 2.93. The van der Waals surface area contributed by atoms with E-state index in [1.54, 1.807) is 12.1 Å². The molecule has 0 bridgehead atoms. The first-order valence-electron chi connectivity index (χ1n) is 13.0. The maximum absolute atomic E-state index is 12.9. The largest absolute Gasteiger partial charge is 0.508 e. The fraction of sp³-hybridized carbons (Fsp3) is 0.519. The van der Waals surface area contributed by atoms with Crippen molar-refractivity contribution in [3.63, 3.8) is 0 Å². The van der Waals surface area contributed by atoms with Gasteiger partial charge in [0.15, 0.2) is 29.7 Å². The SMILES string of the molecule is C[C@@H]1OC(O[C@H]2C(Oc3cc4c(c(O)c3O)C(=O)CC(c3ccc(O)cc3)O4)O[C@@H](C)[C@H](O)[C@H]2O)[C@H](O)[C@H](O)[C@H]1O. The molecule has 8 N–H and O–H groups in total. The Morgan fingerprint density at radius 2 is 1.39 bits per heavy atom. The molecule has 224 valence electrons. The predicted molar refractivity (Wildman–Crippen MR) is 134 cm³/mol. The fourth-order valence-corrected chi connectivity index (χ4v) is 5.05. The maximum Gasteiger partial charge on any atom is 0.229 e. The van der Waals surface area contributed by atoms with E-state index in [4.69, 9.17) is 23.7 Å². The van der Waals surface area contributed by atoms with Gasteiger partial charge in [-0.25, -0.2) is 0 Å². The van der Waals surface area contributed by atoms with Crippen LogP contribution in [0.25, 0.3) is 0 Å². The molecule has 5 rings (SSSR count). The van der Waals surface area contributed by atoms with E-state index in [-0.39, 0.29) is 23.5 Å². The number of phenols is 3. The fourth-order valence-electron chi connectivity index (χ4n) is 5.05. The Morgan fingerprint density at radius 3 is 2.05 bits per heavy atom. The van der Waals surface area contributed by atoms with Crippen LogP contribution in [-0.4, -0.2) is 108 Å². The molecule has 2 saturated heterocycles. The van der Waals surface area contributed by atoms with Gasteiger partial charge in [0.05, 0.1) is 18.6 Å². The molecule has 41 heavy (non-hydrogen) atoms. The third kappa shape index (κ3) is 5.40. The number of ketones is 1. The zero-order chi connectivity index (χ0) is 29.7. The lowest BCUT2D eigenvalue weighted by Gasteiger charge is -2.45. The first kappa shape index (κ1) is 29.3. The third-order valence-electron chi connectivity index (χ3n) is 7.51. The zero-order valence-electron chi connectivity index (χ0n) is 22.0. The van der Waals surface area contributed by atoms with E-state index >= 15 is 0 Å². The van der Waals surface area contributed by atoms with Crippen molar-refractivity contribution in [2.75, 3.05) is 0 Å². The van der Waals surface area contributed by atoms with Crippen LogP contribution in [0.15, 0.2) is 30.3 Å². The highest BCUT2D eigenvalue weighted by Crippen LogP contribution is 2.49. The number of hydrogen-bond donors (Lipinski definition) is 8. The maximum atomic E-state index is 12.9. The zero-order valence-corrected chi connectivity index (χ0v) is 22.0. The van der Waals surface area contributed by atoms with Crippen LogP contribution in [0.5, 0.6) is 28.7 Å². The molecule has 3 heterocycles. The van der Waals surface area contributed by atoms with Crippen LogP contribution in [0.1, 0.15) is 42.3 Å². The Bertz CT molecular complexity index is 1270. The summed E-state index contributed by atoms with van der Waals surface area (Å²) in [6, 6.07) is 7.14. The highest BCUT2D eigenvalue weighted by molar-refractivity contribution is 6.03. The number of aromatic hydroxyl groups is 3. The van der Waals surface area contributed by atoms with Crippen LogP contribution in [0.4, 0.5) is 0 Å². The number of carbonyl (C=O) groups excluding carboxylic acids is 1. The van der Waals surface area contributed by atoms with Crippen LogP contribution in [0.3, 0.4) is 0 Å². The second-order valence-electron chi connectivity index (χ2n) is 10.4. The molecule has 0 aromatic heterocycles. The summed E-state index contributed by atoms with van der Waals surface area (Å²) in [5.41, 5.74) is 0.297. The summed E-state index contributed by atoms with van der Waals surface area (Å²) in [5.74, 6) is -2.70. The summed E-state index contributed by atoms with van der Waals surface area (Å²) in [5, 5.41) is 82.7. The van der Waals surface area contributed by atoms with Gasteiger partial charge in [-0.05, 0) is 31.5 Å². The van der Waals surface area contributed by atoms with Crippen LogP contribution in [0.2, 0.25) is 0 Å². The Balaban J connectivity index is 1.43. The second kappa shape index (κ2) is 11.2. The van der Waals surface area contributed by atoms with Crippen molar-refractivity contribution in [2.45, 2.75) is 87.8 Å². The van der Waals surface area contributed by atoms with E-state index in [0.29, 0.717) is 5.56 Å². The van der Waals surface area contributed by atoms with Crippen molar-refractivity contribution in [1.29, 1.82) is 0 Å². The van der Waals surface area contributed by atoms with Crippen molar-refractivity contribution < 1.29 is 69.3 Å². The predicted octanol–water partition coefficient (Wildman–Crippen LogP) is -0.432. The first-order valence-corrected chi connectivity index (χ1v) is 13.0. The van der Waals surface area contributed by atoms with Crippen LogP contribution >= 0.6 is 0 Å². The summed E-state index contributed by atoms with van der Waals surface area (Å²) in [6.07, 6.45) is -15.6. The number of hydrogen-bond acceptors (Lipinski definition) is 14. The molecule has 3 unspecified atom stereocenters. The van der Waals surface area contributed by atoms with E-state index < -0.39 is 90.5 Å². The quantitative estimate of drug-likeness (QED) is 0.210. The number of benzene rings is 2. The van der Waals surface area contributed by atoms with Crippen LogP contribution < -0.4 is 9.47 Å². The number of aliphatic hydroxyl groups is 5. The van der Waals surface area contributed by atoms with Gasteiger partial charge >= 0.3 is 0 Å². The van der Waals surface area contributed by atoms with E-state index in [1.165, 1.54) is 26.0 Å². The lowest BCUT2D eigenvalue weighted by molar-refractivity contribution is -0.352. The van der Waals surface area contributed by atoms with Gasteiger partial charge in [-0.15, -0.1) is 0 Å². The lowest BCUT2D eigenvalue weighted by Crippen LogP contribution is -2.63. The lowest BCUT2D eigenvalue weighted by atomic mass is 9.95. The van der Waals surface area contributed by atoms with Crippen molar-refractivity contribution in [1.82, 2.24) is 0 Å². The summed E-state index contributed by atoms with van der Waals surface area (Å²) >= 11 is 0. The molecule has 3 aliphatic rings. The molecular formula is C27H32O14. The average molecular weight is 581 g/mol. The molecule has 0 spiro atoms.